The van der Waals surface area contributed by atoms with Gasteiger partial charge in [0.15, 0.2) is 5.82 Å². The van der Waals surface area contributed by atoms with Crippen LogP contribution in [0.25, 0.3) is 5.00 Å². The molecule has 0 spiro atoms. The van der Waals surface area contributed by atoms with Gasteiger partial charge in [-0.2, -0.15) is 0 Å². The number of carbonyl (C=O) groups excluding carboxylic acids is 2. The quantitative estimate of drug-likeness (QED) is 0.351. The molecule has 2 N–H and O–H groups in total. The molecule has 0 saturated carbocycles. The second-order valence-corrected chi connectivity index (χ2v) is 9.74. The van der Waals surface area contributed by atoms with E-state index in [9.17, 15) is 9.59 Å². The molecule has 0 saturated heterocycles. The summed E-state index contributed by atoms with van der Waals surface area (Å²) in [6.07, 6.45) is 0.0943. The first-order valence-electron chi connectivity index (χ1n) is 10.4. The molecule has 2 aromatic heterocycles. The van der Waals surface area contributed by atoms with E-state index < -0.39 is 11.3 Å². The first-order chi connectivity index (χ1) is 15.8. The lowest BCUT2D eigenvalue weighted by atomic mass is 9.99. The maximum Gasteiger partial charge on any atom is 0.276 e. The van der Waals surface area contributed by atoms with Gasteiger partial charge in [-0.25, -0.2) is 0 Å². The molecule has 1 aliphatic heterocycles. The summed E-state index contributed by atoms with van der Waals surface area (Å²) in [5, 5.41) is 15.2. The molecule has 4 rings (SSSR count). The van der Waals surface area contributed by atoms with Gasteiger partial charge in [0.2, 0.25) is 5.91 Å². The van der Waals surface area contributed by atoms with E-state index >= 15 is 0 Å². The number of thiophene rings is 1. The molecule has 0 bridgehead atoms. The Kier molecular flexibility index (Phi) is 6.87. The minimum atomic E-state index is -0.532. The third kappa shape index (κ3) is 4.83. The molecule has 1 aromatic carbocycles. The largest absolute Gasteiger partial charge is 0.354 e. The smallest absolute Gasteiger partial charge is 0.276 e. The van der Waals surface area contributed by atoms with Crippen LogP contribution in [-0.4, -0.2) is 44.7 Å². The Labute approximate surface area is 205 Å². The maximum atomic E-state index is 12.7. The number of thiol groups is 1. The molecule has 0 unspecified atom stereocenters. The first kappa shape index (κ1) is 23.5. The van der Waals surface area contributed by atoms with Gasteiger partial charge in [-0.15, -0.1) is 21.5 Å². The summed E-state index contributed by atoms with van der Waals surface area (Å²) in [5.41, 5.74) is 3.87. The summed E-state index contributed by atoms with van der Waals surface area (Å²) in [6.45, 7) is 6.65. The zero-order valence-corrected chi connectivity index (χ0v) is 20.8. The normalized spacial score (nSPS) is 14.7. The van der Waals surface area contributed by atoms with E-state index in [4.69, 9.17) is 16.6 Å². The highest BCUT2D eigenvalue weighted by molar-refractivity contribution is 7.96. The minimum absolute atomic E-state index is 0.0943. The van der Waals surface area contributed by atoms with Crippen LogP contribution < -0.4 is 10.6 Å². The number of aromatic nitrogens is 3. The summed E-state index contributed by atoms with van der Waals surface area (Å²) in [7, 11) is 0. The Hall–Kier alpha value is -2.69. The zero-order chi connectivity index (χ0) is 23.7. The van der Waals surface area contributed by atoms with Crippen molar-refractivity contribution in [2.24, 2.45) is 4.99 Å². The van der Waals surface area contributed by atoms with Crippen molar-refractivity contribution in [3.63, 3.8) is 0 Å². The lowest BCUT2D eigenvalue weighted by Crippen LogP contribution is -2.33. The topological polar surface area (TPSA) is 101 Å². The molecule has 8 nitrogen and oxygen atoms in total. The first-order valence-corrected chi connectivity index (χ1v) is 12.0. The molecule has 33 heavy (non-hydrogen) atoms. The van der Waals surface area contributed by atoms with Crippen LogP contribution in [0.2, 0.25) is 5.02 Å². The number of rotatable bonds is 6. The number of halogens is 1. The van der Waals surface area contributed by atoms with Crippen molar-refractivity contribution in [1.82, 2.24) is 25.4 Å². The highest BCUT2D eigenvalue weighted by Gasteiger charge is 2.32. The highest BCUT2D eigenvalue weighted by Crippen LogP contribution is 2.39. The van der Waals surface area contributed by atoms with Gasteiger partial charge in [0, 0.05) is 34.1 Å². The molecular formula is C22H23ClN6O2S2. The predicted octanol–water partition coefficient (Wildman–Crippen LogP) is 3.95. The van der Waals surface area contributed by atoms with Crippen molar-refractivity contribution in [1.29, 1.82) is 0 Å². The molecule has 3 aromatic rings. The fraction of sp³-hybridized carbons (Fsp3) is 0.318. The summed E-state index contributed by atoms with van der Waals surface area (Å²) in [4.78, 5) is 29.9. The van der Waals surface area contributed by atoms with E-state index in [1.807, 2.05) is 35.8 Å². The summed E-state index contributed by atoms with van der Waals surface area (Å²) in [6, 6.07) is 7.01. The van der Waals surface area contributed by atoms with E-state index in [-0.39, 0.29) is 12.3 Å². The van der Waals surface area contributed by atoms with Gasteiger partial charge in [-0.05, 0) is 38.5 Å². The number of aryl methyl sites for hydroxylation is 2. The fourth-order valence-electron chi connectivity index (χ4n) is 3.75. The van der Waals surface area contributed by atoms with Crippen LogP contribution in [0.4, 0.5) is 4.79 Å². The van der Waals surface area contributed by atoms with Crippen LogP contribution >= 0.6 is 35.6 Å². The molecule has 0 fully saturated rings. The van der Waals surface area contributed by atoms with E-state index in [1.54, 1.807) is 11.3 Å². The molecule has 172 valence electrons. The van der Waals surface area contributed by atoms with Crippen LogP contribution in [0.5, 0.6) is 0 Å². The Morgan fingerprint density at radius 3 is 2.52 bits per heavy atom. The van der Waals surface area contributed by atoms with Crippen LogP contribution in [0, 0.1) is 20.8 Å². The average Bonchev–Trinajstić information content (AvgIpc) is 3.24. The Balaban J connectivity index is 1.75. The average molecular weight is 503 g/mol. The van der Waals surface area contributed by atoms with E-state index in [0.29, 0.717) is 23.9 Å². The third-order valence-corrected chi connectivity index (χ3v) is 7.06. The number of carbonyl (C=O) groups is 2. The highest BCUT2D eigenvalue weighted by atomic mass is 35.5. The van der Waals surface area contributed by atoms with Crippen LogP contribution in [-0.2, 0) is 4.79 Å². The molecule has 11 heteroatoms. The second kappa shape index (κ2) is 9.66. The standard InChI is InChI=1S/C22H23ClN6O2S2/c1-11-12(2)33-21-18(11)19(14-4-6-15(23)7-5-14)26-16(20-28-27-13(3)29(20)21)10-17(30)24-8-9-25-22(31)32/h4-7,16H,8-10H2,1-3H3,(H,24,30)(H2,25,31,32)/t16-/m0/s1. The molecule has 1 aliphatic rings. The third-order valence-electron chi connectivity index (χ3n) is 5.46. The molecule has 2 amide bonds. The summed E-state index contributed by atoms with van der Waals surface area (Å²) in [5.74, 6) is 1.16. The minimum Gasteiger partial charge on any atom is -0.354 e. The van der Waals surface area contributed by atoms with E-state index in [1.165, 1.54) is 4.88 Å². The molecule has 0 radical (unpaired) electrons. The number of hydrogen-bond acceptors (Lipinski definition) is 6. The van der Waals surface area contributed by atoms with Gasteiger partial charge in [-0.3, -0.25) is 19.1 Å². The van der Waals surface area contributed by atoms with Crippen LogP contribution in [0.3, 0.4) is 0 Å². The lowest BCUT2D eigenvalue weighted by molar-refractivity contribution is -0.121. The van der Waals surface area contributed by atoms with Crippen molar-refractivity contribution in [3.05, 3.63) is 62.5 Å². The number of amides is 2. The fourth-order valence-corrected chi connectivity index (χ4v) is 5.20. The monoisotopic (exact) mass is 502 g/mol. The maximum absolute atomic E-state index is 12.7. The van der Waals surface area contributed by atoms with Gasteiger partial charge in [0.05, 0.1) is 12.1 Å². The molecular weight excluding hydrogens is 480 g/mol. The predicted molar refractivity (Wildman–Crippen MR) is 133 cm³/mol. The van der Waals surface area contributed by atoms with Gasteiger partial charge in [-0.1, -0.05) is 36.4 Å². The van der Waals surface area contributed by atoms with Crippen molar-refractivity contribution >= 4 is 52.4 Å². The van der Waals surface area contributed by atoms with Crippen molar-refractivity contribution in [2.75, 3.05) is 13.1 Å². The molecule has 3 heterocycles. The molecule has 1 atom stereocenters. The number of benzene rings is 1. The zero-order valence-electron chi connectivity index (χ0n) is 18.3. The number of nitrogens with one attached hydrogen (secondary N) is 2. The van der Waals surface area contributed by atoms with Gasteiger partial charge in [0.25, 0.3) is 5.24 Å². The number of nitrogens with zero attached hydrogens (tertiary/aromatic N) is 4. The van der Waals surface area contributed by atoms with Gasteiger partial charge in [0.1, 0.15) is 16.9 Å². The number of aliphatic imine (C=N–C) groups is 1. The van der Waals surface area contributed by atoms with Gasteiger partial charge >= 0.3 is 0 Å². The van der Waals surface area contributed by atoms with Crippen LogP contribution in [0.1, 0.15) is 45.7 Å². The number of fused-ring (bicyclic) bond motifs is 3. The van der Waals surface area contributed by atoms with Crippen LogP contribution in [0.15, 0.2) is 29.3 Å². The SMILES string of the molecule is Cc1sc2c(c1C)C(c1ccc(Cl)cc1)=N[C@@H](CC(=O)NCCNC(=O)S)c1nnc(C)n1-2. The number of hydrogen-bond donors (Lipinski definition) is 3. The van der Waals surface area contributed by atoms with Gasteiger partial charge < -0.3 is 10.6 Å². The van der Waals surface area contributed by atoms with E-state index in [2.05, 4.69) is 47.3 Å². The molecule has 0 aliphatic carbocycles. The van der Waals surface area contributed by atoms with Crippen molar-refractivity contribution in [3.8, 4) is 5.00 Å². The second-order valence-electron chi connectivity index (χ2n) is 7.69. The van der Waals surface area contributed by atoms with Crippen molar-refractivity contribution in [2.45, 2.75) is 33.2 Å². The summed E-state index contributed by atoms with van der Waals surface area (Å²) >= 11 is 11.4. The van der Waals surface area contributed by atoms with Crippen molar-refractivity contribution < 1.29 is 9.59 Å². The lowest BCUT2D eigenvalue weighted by Gasteiger charge is -2.13. The Morgan fingerprint density at radius 2 is 1.82 bits per heavy atom. The van der Waals surface area contributed by atoms with E-state index in [0.717, 1.165) is 33.2 Å². The Bertz CT molecular complexity index is 1250. The Morgan fingerprint density at radius 1 is 1.12 bits per heavy atom. The summed E-state index contributed by atoms with van der Waals surface area (Å²) < 4.78 is 2.01.